The van der Waals surface area contributed by atoms with Crippen molar-refractivity contribution in [2.45, 2.75) is 31.9 Å². The van der Waals surface area contributed by atoms with E-state index in [2.05, 4.69) is 10.1 Å². The molecule has 1 aliphatic heterocycles. The number of hydrogen-bond acceptors (Lipinski definition) is 5. The molecule has 1 amide bonds. The number of rotatable bonds is 4. The summed E-state index contributed by atoms with van der Waals surface area (Å²) in [6, 6.07) is 11.6. The number of nitrogens with zero attached hydrogens (tertiary/aromatic N) is 3. The first kappa shape index (κ1) is 20.4. The maximum atomic E-state index is 13.6. The highest BCUT2D eigenvalue weighted by Crippen LogP contribution is 2.36. The lowest BCUT2D eigenvalue weighted by molar-refractivity contribution is -0.164. The average molecular weight is 437 g/mol. The number of para-hydroxylation sites is 1. The first-order chi connectivity index (χ1) is 14.2. The fourth-order valence-corrected chi connectivity index (χ4v) is 4.10. The van der Waals surface area contributed by atoms with Gasteiger partial charge in [0.15, 0.2) is 0 Å². The number of hydrogen-bond donors (Lipinski definition) is 1. The Balaban J connectivity index is 1.88. The highest BCUT2D eigenvalue weighted by atomic mass is 32.1. The minimum atomic E-state index is -3.49. The molecule has 1 N–H and O–H groups in total. The lowest BCUT2D eigenvalue weighted by Crippen LogP contribution is -2.51. The van der Waals surface area contributed by atoms with Crippen molar-refractivity contribution in [3.8, 4) is 10.6 Å². The van der Waals surface area contributed by atoms with Crippen LogP contribution in [0.2, 0.25) is 0 Å². The summed E-state index contributed by atoms with van der Waals surface area (Å²) >= 11 is 1.43. The van der Waals surface area contributed by atoms with Gasteiger partial charge in [-0.15, -0.1) is 11.3 Å². The molecule has 1 atom stereocenters. The van der Waals surface area contributed by atoms with Crippen molar-refractivity contribution in [1.82, 2.24) is 9.99 Å². The van der Waals surface area contributed by atoms with Gasteiger partial charge in [-0.1, -0.05) is 18.2 Å². The third-order valence-electron chi connectivity index (χ3n) is 4.77. The number of thiophene rings is 1. The number of aromatic nitrogens is 1. The molecule has 1 aromatic carbocycles. The van der Waals surface area contributed by atoms with Crippen molar-refractivity contribution in [3.63, 3.8) is 0 Å². The smallest absolute Gasteiger partial charge is 0.287 e. The molecule has 0 aliphatic carbocycles. The van der Waals surface area contributed by atoms with Crippen LogP contribution in [0.1, 0.15) is 21.7 Å². The van der Waals surface area contributed by atoms with E-state index < -0.39 is 36.6 Å². The van der Waals surface area contributed by atoms with Crippen LogP contribution in [0.15, 0.2) is 47.6 Å². The Morgan fingerprint density at radius 2 is 1.93 bits per heavy atom. The van der Waals surface area contributed by atoms with Crippen LogP contribution in [-0.2, 0) is 0 Å². The van der Waals surface area contributed by atoms with Crippen molar-refractivity contribution in [2.75, 3.05) is 0 Å². The molecule has 3 aromatic rings. The molecular formula is C20H15F4N3O2S. The van der Waals surface area contributed by atoms with Gasteiger partial charge >= 0.3 is 0 Å². The minimum Gasteiger partial charge on any atom is -0.364 e. The number of halogens is 4. The number of alkyl halides is 4. The Bertz CT molecular complexity index is 1160. The Kier molecular flexibility index (Phi) is 5.07. The molecular weight excluding hydrogens is 422 g/mol. The zero-order valence-corrected chi connectivity index (χ0v) is 16.3. The van der Waals surface area contributed by atoms with E-state index in [1.165, 1.54) is 17.4 Å². The van der Waals surface area contributed by atoms with Gasteiger partial charge in [-0.25, -0.2) is 22.5 Å². The molecule has 10 heteroatoms. The summed E-state index contributed by atoms with van der Waals surface area (Å²) in [5, 5.41) is 14.1. The number of amides is 1. The summed E-state index contributed by atoms with van der Waals surface area (Å²) in [7, 11) is 0. The van der Waals surface area contributed by atoms with Crippen LogP contribution in [0.4, 0.5) is 17.6 Å². The number of aliphatic hydroxyl groups is 1. The molecule has 0 spiro atoms. The second-order valence-corrected chi connectivity index (χ2v) is 8.14. The summed E-state index contributed by atoms with van der Waals surface area (Å²) in [6.45, 7) is 1.90. The van der Waals surface area contributed by atoms with Crippen LogP contribution in [0.5, 0.6) is 0 Å². The first-order valence-corrected chi connectivity index (χ1v) is 9.69. The molecule has 0 bridgehead atoms. The van der Waals surface area contributed by atoms with E-state index in [0.29, 0.717) is 16.6 Å². The molecule has 156 valence electrons. The number of carbonyl (C=O) groups is 1. The Morgan fingerprint density at radius 1 is 1.20 bits per heavy atom. The number of carbonyl (C=O) groups excluding carboxylic acids is 1. The molecule has 0 saturated heterocycles. The largest absolute Gasteiger partial charge is 0.364 e. The number of benzene rings is 1. The van der Waals surface area contributed by atoms with Crippen LogP contribution in [0.25, 0.3) is 21.5 Å². The molecule has 0 saturated carbocycles. The summed E-state index contributed by atoms with van der Waals surface area (Å²) in [4.78, 5) is 19.5. The van der Waals surface area contributed by atoms with Crippen molar-refractivity contribution < 1.29 is 27.5 Å². The van der Waals surface area contributed by atoms with E-state index in [4.69, 9.17) is 0 Å². The van der Waals surface area contributed by atoms with Crippen molar-refractivity contribution >= 4 is 33.9 Å². The van der Waals surface area contributed by atoms with Gasteiger partial charge in [0.05, 0.1) is 21.7 Å². The summed E-state index contributed by atoms with van der Waals surface area (Å²) in [6.07, 6.45) is -7.80. The molecule has 2 aromatic heterocycles. The number of aryl methyl sites for hydroxylation is 1. The van der Waals surface area contributed by atoms with Crippen molar-refractivity contribution in [3.05, 3.63) is 52.9 Å². The number of fused-ring (bicyclic) bond motifs is 1. The van der Waals surface area contributed by atoms with Gasteiger partial charge in [-0.2, -0.15) is 10.1 Å². The van der Waals surface area contributed by atoms with Gasteiger partial charge in [0, 0.05) is 16.7 Å². The van der Waals surface area contributed by atoms with Crippen LogP contribution in [-0.4, -0.2) is 45.3 Å². The monoisotopic (exact) mass is 437 g/mol. The predicted octanol–water partition coefficient (Wildman–Crippen LogP) is 4.69. The third kappa shape index (κ3) is 3.35. The van der Waals surface area contributed by atoms with E-state index in [-0.39, 0.29) is 10.6 Å². The standard InChI is InChI=1S/C20H15F4N3O2S/c1-10-6-7-16(30-10)14-8-12(11-4-2-3-5-13(11)25-14)18(28)27-20(29,19(23)24)9-15(26-27)17(21)22/h2-8,17,19,29H,9H2,1H3. The number of hydrazone groups is 1. The van der Waals surface area contributed by atoms with Crippen molar-refractivity contribution in [2.24, 2.45) is 5.10 Å². The zero-order chi connectivity index (χ0) is 21.6. The van der Waals surface area contributed by atoms with E-state index in [0.717, 1.165) is 9.75 Å². The van der Waals surface area contributed by atoms with Gasteiger partial charge < -0.3 is 5.11 Å². The predicted molar refractivity (Wildman–Crippen MR) is 105 cm³/mol. The highest BCUT2D eigenvalue weighted by molar-refractivity contribution is 7.15. The Morgan fingerprint density at radius 3 is 2.57 bits per heavy atom. The molecule has 5 nitrogen and oxygen atoms in total. The van der Waals surface area contributed by atoms with Crippen LogP contribution < -0.4 is 0 Å². The molecule has 1 aliphatic rings. The third-order valence-corrected chi connectivity index (χ3v) is 5.79. The van der Waals surface area contributed by atoms with Crippen LogP contribution >= 0.6 is 11.3 Å². The Labute approximate surface area is 172 Å². The van der Waals surface area contributed by atoms with Gasteiger partial charge in [-0.05, 0) is 31.2 Å². The summed E-state index contributed by atoms with van der Waals surface area (Å²) in [5.74, 6) is -1.11. The summed E-state index contributed by atoms with van der Waals surface area (Å²) < 4.78 is 53.3. The molecule has 3 heterocycles. The molecule has 30 heavy (non-hydrogen) atoms. The van der Waals surface area contributed by atoms with Crippen molar-refractivity contribution in [1.29, 1.82) is 0 Å². The van der Waals surface area contributed by atoms with E-state index in [1.807, 2.05) is 19.1 Å². The Hall–Kier alpha value is -2.85. The molecule has 1 unspecified atom stereocenters. The second-order valence-electron chi connectivity index (χ2n) is 6.85. The van der Waals surface area contributed by atoms with E-state index in [1.54, 1.807) is 24.3 Å². The molecule has 0 fully saturated rings. The van der Waals surface area contributed by atoms with Crippen LogP contribution in [0.3, 0.4) is 0 Å². The highest BCUT2D eigenvalue weighted by Gasteiger charge is 2.53. The summed E-state index contributed by atoms with van der Waals surface area (Å²) in [5.41, 5.74) is -3.35. The fourth-order valence-electron chi connectivity index (χ4n) is 3.27. The maximum Gasteiger partial charge on any atom is 0.287 e. The fraction of sp³-hybridized carbons (Fsp3) is 0.250. The van der Waals surface area contributed by atoms with Gasteiger partial charge in [0.25, 0.3) is 18.8 Å². The lowest BCUT2D eigenvalue weighted by Gasteiger charge is -2.30. The number of pyridine rings is 1. The second kappa shape index (κ2) is 7.44. The quantitative estimate of drug-likeness (QED) is 0.602. The molecule has 0 radical (unpaired) electrons. The van der Waals surface area contributed by atoms with E-state index >= 15 is 0 Å². The zero-order valence-electron chi connectivity index (χ0n) is 15.5. The van der Waals surface area contributed by atoms with Crippen LogP contribution in [0, 0.1) is 6.92 Å². The SMILES string of the molecule is Cc1ccc(-c2cc(C(=O)N3N=C(C(F)F)CC3(O)C(F)F)c3ccccc3n2)s1. The molecule has 4 rings (SSSR count). The minimum absolute atomic E-state index is 0.0694. The van der Waals surface area contributed by atoms with Gasteiger partial charge in [0.2, 0.25) is 5.72 Å². The maximum absolute atomic E-state index is 13.6. The lowest BCUT2D eigenvalue weighted by atomic mass is 10.0. The average Bonchev–Trinajstić information content (AvgIpc) is 3.31. The van der Waals surface area contributed by atoms with Gasteiger partial charge in [0.1, 0.15) is 5.71 Å². The topological polar surface area (TPSA) is 65.8 Å². The normalized spacial score (nSPS) is 19.2. The van der Waals surface area contributed by atoms with Gasteiger partial charge in [-0.3, -0.25) is 4.79 Å². The first-order valence-electron chi connectivity index (χ1n) is 8.88. The van der Waals surface area contributed by atoms with E-state index in [9.17, 15) is 27.5 Å².